The predicted octanol–water partition coefficient (Wildman–Crippen LogP) is 1.14. The number of carbonyl (C=O) groups is 1. The van der Waals surface area contributed by atoms with Crippen LogP contribution in [0, 0.1) is 6.92 Å². The Morgan fingerprint density at radius 1 is 1.43 bits per heavy atom. The van der Waals surface area contributed by atoms with Crippen LogP contribution in [0.25, 0.3) is 5.69 Å². The maximum Gasteiger partial charge on any atom is 0.254 e. The molecule has 1 amide bonds. The Hall–Kier alpha value is -2.21. The van der Waals surface area contributed by atoms with E-state index in [1.165, 1.54) is 6.33 Å². The van der Waals surface area contributed by atoms with Gasteiger partial charge in [0.25, 0.3) is 5.91 Å². The number of nitrogens with two attached hydrogens (primary N) is 1. The van der Waals surface area contributed by atoms with Gasteiger partial charge >= 0.3 is 0 Å². The fourth-order valence-corrected chi connectivity index (χ4v) is 2.74. The largest absolute Gasteiger partial charge is 0.337 e. The summed E-state index contributed by atoms with van der Waals surface area (Å²) in [4.78, 5) is 18.4. The highest BCUT2D eigenvalue weighted by atomic mass is 16.2. The molecule has 1 aliphatic rings. The van der Waals surface area contributed by atoms with E-state index in [4.69, 9.17) is 5.73 Å². The molecule has 1 fully saturated rings. The molecule has 2 heterocycles. The first-order chi connectivity index (χ1) is 10.1. The summed E-state index contributed by atoms with van der Waals surface area (Å²) >= 11 is 0. The maximum absolute atomic E-state index is 12.6. The summed E-state index contributed by atoms with van der Waals surface area (Å²) in [6, 6.07) is 5.79. The highest BCUT2D eigenvalue weighted by Crippen LogP contribution is 2.18. The molecule has 21 heavy (non-hydrogen) atoms. The number of carbonyl (C=O) groups excluding carboxylic acids is 1. The van der Waals surface area contributed by atoms with Gasteiger partial charge in [-0.1, -0.05) is 0 Å². The second-order valence-corrected chi connectivity index (χ2v) is 5.49. The first kappa shape index (κ1) is 13.8. The van der Waals surface area contributed by atoms with Gasteiger partial charge in [0.05, 0.1) is 5.69 Å². The Morgan fingerprint density at radius 3 is 2.95 bits per heavy atom. The second kappa shape index (κ2) is 5.65. The number of benzene rings is 1. The zero-order chi connectivity index (χ0) is 14.8. The van der Waals surface area contributed by atoms with Crippen LogP contribution in [0.3, 0.4) is 0 Å². The highest BCUT2D eigenvalue weighted by Gasteiger charge is 2.23. The molecule has 1 saturated heterocycles. The molecule has 3 rings (SSSR count). The average Bonchev–Trinajstić information content (AvgIpc) is 3.00. The fraction of sp³-hybridized carbons (Fsp3) is 0.400. The number of aryl methyl sites for hydroxylation is 1. The number of rotatable bonds is 2. The molecule has 6 heteroatoms. The minimum Gasteiger partial charge on any atom is -0.337 e. The first-order valence-electron chi connectivity index (χ1n) is 7.15. The van der Waals surface area contributed by atoms with Gasteiger partial charge < -0.3 is 10.6 Å². The molecule has 1 aromatic heterocycles. The number of amides is 1. The minimum atomic E-state index is 0.0628. The molecule has 2 aromatic rings. The molecular weight excluding hydrogens is 266 g/mol. The Morgan fingerprint density at radius 2 is 2.29 bits per heavy atom. The molecule has 0 radical (unpaired) electrons. The third-order valence-corrected chi connectivity index (χ3v) is 3.87. The van der Waals surface area contributed by atoms with E-state index in [0.29, 0.717) is 6.54 Å². The van der Waals surface area contributed by atoms with E-state index >= 15 is 0 Å². The summed E-state index contributed by atoms with van der Waals surface area (Å²) in [5.41, 5.74) is 8.52. The van der Waals surface area contributed by atoms with Gasteiger partial charge in [-0.05, 0) is 43.5 Å². The van der Waals surface area contributed by atoms with Crippen molar-refractivity contribution in [3.8, 4) is 5.69 Å². The van der Waals surface area contributed by atoms with Crippen molar-refractivity contribution < 1.29 is 4.79 Å². The molecule has 1 aliphatic heterocycles. The van der Waals surface area contributed by atoms with Crippen molar-refractivity contribution in [2.45, 2.75) is 25.8 Å². The molecule has 1 unspecified atom stereocenters. The lowest BCUT2D eigenvalue weighted by molar-refractivity contribution is 0.0708. The van der Waals surface area contributed by atoms with Gasteiger partial charge in [-0.15, -0.1) is 0 Å². The van der Waals surface area contributed by atoms with Crippen LogP contribution in [0.1, 0.15) is 28.8 Å². The van der Waals surface area contributed by atoms with Crippen LogP contribution in [-0.2, 0) is 0 Å². The third-order valence-electron chi connectivity index (χ3n) is 3.87. The number of hydrogen-bond acceptors (Lipinski definition) is 4. The molecule has 1 aromatic carbocycles. The summed E-state index contributed by atoms with van der Waals surface area (Å²) in [7, 11) is 0. The van der Waals surface area contributed by atoms with Crippen molar-refractivity contribution in [3.05, 3.63) is 42.0 Å². The van der Waals surface area contributed by atoms with Crippen LogP contribution in [0.2, 0.25) is 0 Å². The Bertz CT molecular complexity index is 638. The van der Waals surface area contributed by atoms with E-state index in [9.17, 15) is 4.79 Å². The summed E-state index contributed by atoms with van der Waals surface area (Å²) < 4.78 is 1.68. The van der Waals surface area contributed by atoms with Crippen molar-refractivity contribution in [3.63, 3.8) is 0 Å². The quantitative estimate of drug-likeness (QED) is 0.897. The molecule has 110 valence electrons. The van der Waals surface area contributed by atoms with Gasteiger partial charge in [-0.25, -0.2) is 9.67 Å². The van der Waals surface area contributed by atoms with Gasteiger partial charge in [-0.2, -0.15) is 5.10 Å². The number of aromatic nitrogens is 3. The molecule has 0 saturated carbocycles. The number of likely N-dealkylation sites (tertiary alicyclic amines) is 1. The Balaban J connectivity index is 1.84. The van der Waals surface area contributed by atoms with Gasteiger partial charge in [0.2, 0.25) is 0 Å². The van der Waals surface area contributed by atoms with Crippen molar-refractivity contribution in [1.82, 2.24) is 19.7 Å². The van der Waals surface area contributed by atoms with Crippen molar-refractivity contribution in [2.24, 2.45) is 5.73 Å². The van der Waals surface area contributed by atoms with Crippen LogP contribution < -0.4 is 5.73 Å². The van der Waals surface area contributed by atoms with Gasteiger partial charge in [0, 0.05) is 24.7 Å². The summed E-state index contributed by atoms with van der Waals surface area (Å²) in [5, 5.41) is 4.10. The number of hydrogen-bond donors (Lipinski definition) is 1. The van der Waals surface area contributed by atoms with E-state index in [2.05, 4.69) is 10.1 Å². The van der Waals surface area contributed by atoms with Crippen molar-refractivity contribution in [1.29, 1.82) is 0 Å². The zero-order valence-corrected chi connectivity index (χ0v) is 12.1. The Labute approximate surface area is 123 Å². The number of nitrogens with zero attached hydrogens (tertiary/aromatic N) is 4. The summed E-state index contributed by atoms with van der Waals surface area (Å²) in [6.07, 6.45) is 5.10. The smallest absolute Gasteiger partial charge is 0.254 e. The van der Waals surface area contributed by atoms with Crippen LogP contribution in [0.15, 0.2) is 30.9 Å². The monoisotopic (exact) mass is 285 g/mol. The summed E-state index contributed by atoms with van der Waals surface area (Å²) in [6.45, 7) is 3.37. The number of piperidine rings is 1. The van der Waals surface area contributed by atoms with E-state index in [0.717, 1.165) is 36.2 Å². The van der Waals surface area contributed by atoms with Crippen LogP contribution in [0.5, 0.6) is 0 Å². The van der Waals surface area contributed by atoms with Crippen molar-refractivity contribution >= 4 is 5.91 Å². The van der Waals surface area contributed by atoms with E-state index < -0.39 is 0 Å². The lowest BCUT2D eigenvalue weighted by Gasteiger charge is -2.31. The highest BCUT2D eigenvalue weighted by molar-refractivity contribution is 5.96. The van der Waals surface area contributed by atoms with Crippen LogP contribution in [-0.4, -0.2) is 44.7 Å². The lowest BCUT2D eigenvalue weighted by atomic mass is 10.0. The van der Waals surface area contributed by atoms with E-state index in [1.807, 2.05) is 30.0 Å². The van der Waals surface area contributed by atoms with Gasteiger partial charge in [0.15, 0.2) is 0 Å². The van der Waals surface area contributed by atoms with Gasteiger partial charge in [-0.3, -0.25) is 4.79 Å². The molecule has 0 spiro atoms. The molecule has 0 bridgehead atoms. The molecular formula is C15H19N5O. The average molecular weight is 285 g/mol. The van der Waals surface area contributed by atoms with E-state index in [1.54, 1.807) is 11.0 Å². The molecule has 0 aliphatic carbocycles. The minimum absolute atomic E-state index is 0.0628. The lowest BCUT2D eigenvalue weighted by Crippen LogP contribution is -2.45. The van der Waals surface area contributed by atoms with Crippen molar-refractivity contribution in [2.75, 3.05) is 13.1 Å². The Kier molecular flexibility index (Phi) is 3.70. The van der Waals surface area contributed by atoms with Crippen LogP contribution in [0.4, 0.5) is 0 Å². The normalized spacial score (nSPS) is 18.8. The topological polar surface area (TPSA) is 77.0 Å². The molecule has 6 nitrogen and oxygen atoms in total. The first-order valence-corrected chi connectivity index (χ1v) is 7.15. The standard InChI is InChI=1S/C15H19N5O/c1-11-7-13(20-10-17-9-18-20)4-5-14(11)15(21)19-6-2-3-12(16)8-19/h4-5,7,9-10,12H,2-3,6,8,16H2,1H3. The van der Waals surface area contributed by atoms with E-state index in [-0.39, 0.29) is 11.9 Å². The molecule has 1 atom stereocenters. The second-order valence-electron chi connectivity index (χ2n) is 5.49. The SMILES string of the molecule is Cc1cc(-n2cncn2)ccc1C(=O)N1CCCC(N)C1. The van der Waals surface area contributed by atoms with Crippen LogP contribution >= 0.6 is 0 Å². The fourth-order valence-electron chi connectivity index (χ4n) is 2.74. The third kappa shape index (κ3) is 2.80. The zero-order valence-electron chi connectivity index (χ0n) is 12.1. The van der Waals surface area contributed by atoms with Gasteiger partial charge in [0.1, 0.15) is 12.7 Å². The maximum atomic E-state index is 12.6. The molecule has 2 N–H and O–H groups in total. The summed E-state index contributed by atoms with van der Waals surface area (Å²) in [5.74, 6) is 0.0628. The predicted molar refractivity (Wildman–Crippen MR) is 79.2 cm³/mol.